The minimum atomic E-state index is -3.49. The fraction of sp³-hybridized carbons (Fsp3) is 0.588. The van der Waals surface area contributed by atoms with Crippen molar-refractivity contribution in [1.29, 1.82) is 0 Å². The molecule has 9 heteroatoms. The van der Waals surface area contributed by atoms with Gasteiger partial charge in [0, 0.05) is 27.2 Å². The smallest absolute Gasteiger partial charge is 0.281 e. The summed E-state index contributed by atoms with van der Waals surface area (Å²) >= 11 is 0. The zero-order chi connectivity index (χ0) is 18.7. The highest BCUT2D eigenvalue weighted by Gasteiger charge is 2.33. The summed E-state index contributed by atoms with van der Waals surface area (Å²) in [5.74, 6) is 0.868. The number of carbonyl (C=O) groups excluding carboxylic acids is 1. The third-order valence-electron chi connectivity index (χ3n) is 4.61. The lowest BCUT2D eigenvalue weighted by atomic mass is 9.99. The molecule has 1 amide bonds. The summed E-state index contributed by atoms with van der Waals surface area (Å²) in [4.78, 5) is 12.5. The standard InChI is InChI=1S/C17H25N3O5S/c1-19(2)26(22,23)20-9-5-6-13(11-20)17(21)18-10-14-12-24-15-7-3-4-8-16(15)25-14/h3-4,7-8,13-14H,5-6,9-12H2,1-2H3,(H,18,21)/t13-,14+/m1/s1. The zero-order valence-electron chi connectivity index (χ0n) is 15.1. The van der Waals surface area contributed by atoms with E-state index >= 15 is 0 Å². The highest BCUT2D eigenvalue weighted by atomic mass is 32.2. The van der Waals surface area contributed by atoms with Crippen LogP contribution in [0.25, 0.3) is 0 Å². The van der Waals surface area contributed by atoms with Crippen molar-refractivity contribution in [2.24, 2.45) is 5.92 Å². The maximum atomic E-state index is 12.5. The lowest BCUT2D eigenvalue weighted by Gasteiger charge is -2.33. The minimum absolute atomic E-state index is 0.147. The molecule has 2 heterocycles. The Balaban J connectivity index is 1.52. The zero-order valence-corrected chi connectivity index (χ0v) is 15.9. The number of amides is 1. The summed E-state index contributed by atoms with van der Waals surface area (Å²) in [7, 11) is -0.499. The molecule has 2 atom stereocenters. The minimum Gasteiger partial charge on any atom is -0.486 e. The van der Waals surface area contributed by atoms with Gasteiger partial charge in [-0.15, -0.1) is 0 Å². The van der Waals surface area contributed by atoms with Crippen molar-refractivity contribution in [3.63, 3.8) is 0 Å². The lowest BCUT2D eigenvalue weighted by molar-refractivity contribution is -0.126. The van der Waals surface area contributed by atoms with Crippen molar-refractivity contribution in [2.45, 2.75) is 18.9 Å². The number of benzene rings is 1. The molecule has 2 aliphatic rings. The normalized spacial score (nSPS) is 23.7. The van der Waals surface area contributed by atoms with Gasteiger partial charge < -0.3 is 14.8 Å². The van der Waals surface area contributed by atoms with Gasteiger partial charge in [0.2, 0.25) is 5.91 Å². The van der Waals surface area contributed by atoms with Crippen molar-refractivity contribution in [1.82, 2.24) is 13.9 Å². The van der Waals surface area contributed by atoms with Crippen molar-refractivity contribution in [3.05, 3.63) is 24.3 Å². The molecule has 0 saturated carbocycles. The maximum Gasteiger partial charge on any atom is 0.281 e. The van der Waals surface area contributed by atoms with Crippen LogP contribution >= 0.6 is 0 Å². The Morgan fingerprint density at radius 3 is 2.77 bits per heavy atom. The van der Waals surface area contributed by atoms with E-state index in [1.165, 1.54) is 22.7 Å². The predicted molar refractivity (Wildman–Crippen MR) is 96.3 cm³/mol. The first-order valence-electron chi connectivity index (χ1n) is 8.71. The second-order valence-electron chi connectivity index (χ2n) is 6.73. The van der Waals surface area contributed by atoms with Crippen LogP contribution in [-0.2, 0) is 15.0 Å². The second kappa shape index (κ2) is 7.81. The number of hydrogen-bond donors (Lipinski definition) is 1. The SMILES string of the molecule is CN(C)S(=O)(=O)N1CCC[C@@H](C(=O)NC[C@H]2COc3ccccc3O2)C1. The van der Waals surface area contributed by atoms with Crippen molar-refractivity contribution in [3.8, 4) is 11.5 Å². The van der Waals surface area contributed by atoms with Crippen LogP contribution in [0.1, 0.15) is 12.8 Å². The highest BCUT2D eigenvalue weighted by Crippen LogP contribution is 2.30. The van der Waals surface area contributed by atoms with E-state index in [-0.39, 0.29) is 24.5 Å². The van der Waals surface area contributed by atoms with E-state index in [9.17, 15) is 13.2 Å². The molecule has 3 rings (SSSR count). The summed E-state index contributed by atoms with van der Waals surface area (Å²) in [6.45, 7) is 1.34. The Bertz CT molecular complexity index is 753. The largest absolute Gasteiger partial charge is 0.486 e. The van der Waals surface area contributed by atoms with Crippen LogP contribution in [0, 0.1) is 5.92 Å². The number of para-hydroxylation sites is 2. The van der Waals surface area contributed by atoms with Gasteiger partial charge in [-0.2, -0.15) is 17.0 Å². The molecular formula is C17H25N3O5S. The summed E-state index contributed by atoms with van der Waals surface area (Å²) in [5, 5.41) is 2.88. The molecule has 0 aliphatic carbocycles. The number of fused-ring (bicyclic) bond motifs is 1. The van der Waals surface area contributed by atoms with Crippen molar-refractivity contribution >= 4 is 16.1 Å². The van der Waals surface area contributed by atoms with Gasteiger partial charge >= 0.3 is 0 Å². The molecule has 1 aromatic rings. The van der Waals surface area contributed by atoms with Gasteiger partial charge in [0.25, 0.3) is 10.2 Å². The highest BCUT2D eigenvalue weighted by molar-refractivity contribution is 7.86. The molecule has 0 radical (unpaired) electrons. The molecule has 2 aliphatic heterocycles. The Labute approximate surface area is 154 Å². The monoisotopic (exact) mass is 383 g/mol. The van der Waals surface area contributed by atoms with Crippen LogP contribution in [0.4, 0.5) is 0 Å². The fourth-order valence-corrected chi connectivity index (χ4v) is 4.31. The number of nitrogens with zero attached hydrogens (tertiary/aromatic N) is 2. The van der Waals surface area contributed by atoms with Gasteiger partial charge in [-0.1, -0.05) is 12.1 Å². The number of hydrogen-bond acceptors (Lipinski definition) is 5. The van der Waals surface area contributed by atoms with E-state index in [4.69, 9.17) is 9.47 Å². The third-order valence-corrected chi connectivity index (χ3v) is 6.52. The molecule has 1 fully saturated rings. The van der Waals surface area contributed by atoms with E-state index in [1.807, 2.05) is 24.3 Å². The van der Waals surface area contributed by atoms with Crippen LogP contribution in [0.5, 0.6) is 11.5 Å². The topological polar surface area (TPSA) is 88.2 Å². The lowest BCUT2D eigenvalue weighted by Crippen LogP contribution is -2.50. The first-order chi connectivity index (χ1) is 12.4. The van der Waals surface area contributed by atoms with Crippen molar-refractivity contribution in [2.75, 3.05) is 40.3 Å². The van der Waals surface area contributed by atoms with Crippen LogP contribution in [0.2, 0.25) is 0 Å². The first-order valence-corrected chi connectivity index (χ1v) is 10.1. The average molecular weight is 383 g/mol. The summed E-state index contributed by atoms with van der Waals surface area (Å²) in [6.07, 6.45) is 1.08. The van der Waals surface area contributed by atoms with E-state index in [1.54, 1.807) is 0 Å². The number of rotatable bonds is 5. The molecule has 26 heavy (non-hydrogen) atoms. The van der Waals surface area contributed by atoms with Crippen LogP contribution in [0.15, 0.2) is 24.3 Å². The van der Waals surface area contributed by atoms with E-state index in [0.29, 0.717) is 44.0 Å². The van der Waals surface area contributed by atoms with E-state index in [2.05, 4.69) is 5.32 Å². The molecule has 0 spiro atoms. The Kier molecular flexibility index (Phi) is 5.69. The van der Waals surface area contributed by atoms with E-state index in [0.717, 1.165) is 0 Å². The molecule has 0 unspecified atom stereocenters. The molecule has 1 N–H and O–H groups in total. The van der Waals surface area contributed by atoms with Gasteiger partial charge in [0.15, 0.2) is 11.5 Å². The molecule has 1 saturated heterocycles. The maximum absolute atomic E-state index is 12.5. The molecule has 1 aromatic carbocycles. The molecule has 144 valence electrons. The number of carbonyl (C=O) groups is 1. The van der Waals surface area contributed by atoms with Gasteiger partial charge in [-0.3, -0.25) is 4.79 Å². The van der Waals surface area contributed by atoms with Crippen LogP contribution in [0.3, 0.4) is 0 Å². The molecule has 0 bridgehead atoms. The van der Waals surface area contributed by atoms with Gasteiger partial charge in [-0.25, -0.2) is 0 Å². The molecule has 8 nitrogen and oxygen atoms in total. The molecular weight excluding hydrogens is 358 g/mol. The van der Waals surface area contributed by atoms with Crippen LogP contribution in [-0.4, -0.2) is 69.4 Å². The number of nitrogens with one attached hydrogen (secondary N) is 1. The number of piperidine rings is 1. The Hall–Kier alpha value is -1.84. The first kappa shape index (κ1) is 18.9. The van der Waals surface area contributed by atoms with E-state index < -0.39 is 10.2 Å². The number of ether oxygens (including phenoxy) is 2. The van der Waals surface area contributed by atoms with Gasteiger partial charge in [0.1, 0.15) is 12.7 Å². The van der Waals surface area contributed by atoms with Gasteiger partial charge in [-0.05, 0) is 25.0 Å². The van der Waals surface area contributed by atoms with Gasteiger partial charge in [0.05, 0.1) is 12.5 Å². The second-order valence-corrected chi connectivity index (χ2v) is 8.87. The Morgan fingerprint density at radius 2 is 2.04 bits per heavy atom. The Morgan fingerprint density at radius 1 is 1.31 bits per heavy atom. The summed E-state index contributed by atoms with van der Waals surface area (Å²) in [6, 6.07) is 7.41. The van der Waals surface area contributed by atoms with Crippen LogP contribution < -0.4 is 14.8 Å². The third kappa shape index (κ3) is 4.11. The predicted octanol–water partition coefficient (Wildman–Crippen LogP) is 0.461. The summed E-state index contributed by atoms with van der Waals surface area (Å²) < 4.78 is 38.5. The summed E-state index contributed by atoms with van der Waals surface area (Å²) in [5.41, 5.74) is 0. The van der Waals surface area contributed by atoms with Crippen molar-refractivity contribution < 1.29 is 22.7 Å². The fourth-order valence-electron chi connectivity index (χ4n) is 3.12. The average Bonchev–Trinajstić information content (AvgIpc) is 2.66. The molecule has 0 aromatic heterocycles. The quantitative estimate of drug-likeness (QED) is 0.798.